The summed E-state index contributed by atoms with van der Waals surface area (Å²) in [6, 6.07) is 8.13. The maximum atomic E-state index is 13.0. The first-order valence-corrected chi connectivity index (χ1v) is 10.6. The Bertz CT molecular complexity index is 1060. The summed E-state index contributed by atoms with van der Waals surface area (Å²) in [6.45, 7) is 2.52. The van der Waals surface area contributed by atoms with Crippen LogP contribution in [0, 0.1) is 0 Å². The summed E-state index contributed by atoms with van der Waals surface area (Å²) in [4.78, 5) is 14.5. The number of carbonyl (C=O) groups is 1. The molecule has 0 bridgehead atoms. The lowest BCUT2D eigenvalue weighted by molar-refractivity contribution is -0.119. The molecule has 0 unspecified atom stereocenters. The zero-order chi connectivity index (χ0) is 20.1. The van der Waals surface area contributed by atoms with Crippen molar-refractivity contribution in [3.05, 3.63) is 41.5 Å². The third kappa shape index (κ3) is 2.88. The minimum absolute atomic E-state index is 0.0401. The van der Waals surface area contributed by atoms with E-state index in [0.29, 0.717) is 23.7 Å². The van der Waals surface area contributed by atoms with E-state index in [-0.39, 0.29) is 16.7 Å². The monoisotopic (exact) mass is 402 g/mol. The molecule has 1 atom stereocenters. The highest BCUT2D eigenvalue weighted by atomic mass is 32.2. The van der Waals surface area contributed by atoms with Gasteiger partial charge in [-0.15, -0.1) is 0 Å². The summed E-state index contributed by atoms with van der Waals surface area (Å²) in [7, 11) is -0.814. The van der Waals surface area contributed by atoms with Crippen LogP contribution < -0.4 is 19.1 Å². The lowest BCUT2D eigenvalue weighted by atomic mass is 9.97. The van der Waals surface area contributed by atoms with Crippen molar-refractivity contribution >= 4 is 27.3 Å². The van der Waals surface area contributed by atoms with Gasteiger partial charge in [0.2, 0.25) is 5.91 Å². The molecule has 0 aliphatic carbocycles. The molecular weight excluding hydrogens is 380 g/mol. The van der Waals surface area contributed by atoms with Gasteiger partial charge in [0, 0.05) is 12.6 Å². The van der Waals surface area contributed by atoms with Gasteiger partial charge in [0.05, 0.1) is 36.4 Å². The second-order valence-corrected chi connectivity index (χ2v) is 8.69. The van der Waals surface area contributed by atoms with Crippen molar-refractivity contribution in [3.63, 3.8) is 0 Å². The van der Waals surface area contributed by atoms with Crippen LogP contribution in [0.25, 0.3) is 0 Å². The third-order valence-electron chi connectivity index (χ3n) is 5.34. The van der Waals surface area contributed by atoms with Crippen molar-refractivity contribution in [2.24, 2.45) is 0 Å². The largest absolute Gasteiger partial charge is 0.493 e. The van der Waals surface area contributed by atoms with Crippen LogP contribution in [-0.2, 0) is 21.2 Å². The minimum atomic E-state index is -3.82. The zero-order valence-corrected chi connectivity index (χ0v) is 16.8. The van der Waals surface area contributed by atoms with Crippen LogP contribution >= 0.6 is 0 Å². The Balaban J connectivity index is 1.73. The highest BCUT2D eigenvalue weighted by Crippen LogP contribution is 2.44. The van der Waals surface area contributed by atoms with Crippen molar-refractivity contribution in [1.29, 1.82) is 0 Å². The number of aryl methyl sites for hydroxylation is 1. The van der Waals surface area contributed by atoms with Gasteiger partial charge in [0.15, 0.2) is 11.5 Å². The number of benzene rings is 2. The van der Waals surface area contributed by atoms with E-state index >= 15 is 0 Å². The number of nitrogens with one attached hydrogen (secondary N) is 1. The third-order valence-corrected chi connectivity index (χ3v) is 6.70. The van der Waals surface area contributed by atoms with E-state index in [4.69, 9.17) is 9.47 Å². The number of carbonyl (C=O) groups excluding carboxylic acids is 1. The lowest BCUT2D eigenvalue weighted by Crippen LogP contribution is -2.32. The molecular formula is C20H22N2O5S. The molecule has 0 radical (unpaired) electrons. The molecule has 2 aliphatic rings. The predicted octanol–water partition coefficient (Wildman–Crippen LogP) is 2.90. The molecule has 8 heteroatoms. The summed E-state index contributed by atoms with van der Waals surface area (Å²) in [5.41, 5.74) is 2.97. The Morgan fingerprint density at radius 2 is 1.86 bits per heavy atom. The topological polar surface area (TPSA) is 84.9 Å². The van der Waals surface area contributed by atoms with E-state index in [1.165, 1.54) is 14.2 Å². The lowest BCUT2D eigenvalue weighted by Gasteiger charge is -2.26. The Morgan fingerprint density at radius 3 is 2.57 bits per heavy atom. The number of hydrogen-bond donors (Lipinski definition) is 1. The van der Waals surface area contributed by atoms with Crippen LogP contribution in [0.4, 0.5) is 11.4 Å². The fourth-order valence-electron chi connectivity index (χ4n) is 3.93. The van der Waals surface area contributed by atoms with Gasteiger partial charge < -0.3 is 14.4 Å². The van der Waals surface area contributed by atoms with Gasteiger partial charge in [0.25, 0.3) is 10.0 Å². The van der Waals surface area contributed by atoms with E-state index in [0.717, 1.165) is 29.7 Å². The Kier molecular flexibility index (Phi) is 4.45. The first-order valence-electron chi connectivity index (χ1n) is 9.08. The first kappa shape index (κ1) is 18.6. The van der Waals surface area contributed by atoms with Gasteiger partial charge in [-0.05, 0) is 55.2 Å². The van der Waals surface area contributed by atoms with Gasteiger partial charge in [-0.3, -0.25) is 9.52 Å². The quantitative estimate of drug-likeness (QED) is 0.831. The molecule has 2 aromatic carbocycles. The second kappa shape index (κ2) is 6.70. The van der Waals surface area contributed by atoms with E-state index in [1.807, 2.05) is 6.92 Å². The number of hydrogen-bond acceptors (Lipinski definition) is 5. The number of methoxy groups -OCH3 is 2. The molecule has 0 spiro atoms. The molecule has 2 heterocycles. The smallest absolute Gasteiger partial charge is 0.261 e. The normalized spacial score (nSPS) is 18.0. The van der Waals surface area contributed by atoms with Gasteiger partial charge in [-0.2, -0.15) is 0 Å². The van der Waals surface area contributed by atoms with Crippen molar-refractivity contribution < 1.29 is 22.7 Å². The molecule has 4 rings (SSSR count). The maximum absolute atomic E-state index is 13.0. The molecule has 0 saturated carbocycles. The fraction of sp³-hybridized carbons (Fsp3) is 0.350. The number of nitrogens with zero attached hydrogens (tertiary/aromatic N) is 1. The highest BCUT2D eigenvalue weighted by Gasteiger charge is 2.38. The molecule has 1 amide bonds. The number of amides is 1. The van der Waals surface area contributed by atoms with Crippen molar-refractivity contribution in [2.45, 2.75) is 30.6 Å². The maximum Gasteiger partial charge on any atom is 0.261 e. The summed E-state index contributed by atoms with van der Waals surface area (Å²) in [5, 5.41) is 0. The molecule has 2 aliphatic heterocycles. The standard InChI is InChI=1S/C20H22N2O5S/c1-12-16-11-15(9-13-5-4-8-22(19(13)16)20(12)23)28(24,25)21-14-6-7-17(26-2)18(10-14)27-3/h6-7,9-12,21H,4-5,8H2,1-3H3/t12-/m0/s1. The van der Waals surface area contributed by atoms with E-state index < -0.39 is 10.0 Å². The fourth-order valence-corrected chi connectivity index (χ4v) is 5.07. The number of ether oxygens (including phenoxy) is 2. The average molecular weight is 402 g/mol. The van der Waals surface area contributed by atoms with Crippen LogP contribution in [0.1, 0.15) is 30.4 Å². The Labute approximate surface area is 164 Å². The van der Waals surface area contributed by atoms with E-state index in [9.17, 15) is 13.2 Å². The number of rotatable bonds is 5. The van der Waals surface area contributed by atoms with E-state index in [2.05, 4.69) is 4.72 Å². The van der Waals surface area contributed by atoms with Crippen molar-refractivity contribution in [1.82, 2.24) is 0 Å². The Hall–Kier alpha value is -2.74. The van der Waals surface area contributed by atoms with Gasteiger partial charge in [-0.25, -0.2) is 8.42 Å². The van der Waals surface area contributed by atoms with Crippen LogP contribution in [0.2, 0.25) is 0 Å². The van der Waals surface area contributed by atoms with Gasteiger partial charge in [-0.1, -0.05) is 0 Å². The van der Waals surface area contributed by atoms with Crippen LogP contribution in [0.3, 0.4) is 0 Å². The van der Waals surface area contributed by atoms with Crippen molar-refractivity contribution in [3.8, 4) is 11.5 Å². The SMILES string of the molecule is COc1ccc(NS(=O)(=O)c2cc3c4c(c2)[C@H](C)C(=O)N4CCC3)cc1OC. The highest BCUT2D eigenvalue weighted by molar-refractivity contribution is 7.92. The average Bonchev–Trinajstić information content (AvgIpc) is 2.94. The van der Waals surface area contributed by atoms with Crippen molar-refractivity contribution in [2.75, 3.05) is 30.4 Å². The van der Waals surface area contributed by atoms with Crippen LogP contribution in [0.15, 0.2) is 35.2 Å². The minimum Gasteiger partial charge on any atom is -0.493 e. The van der Waals surface area contributed by atoms with Gasteiger partial charge in [0.1, 0.15) is 0 Å². The second-order valence-electron chi connectivity index (χ2n) is 7.01. The molecule has 148 valence electrons. The molecule has 0 aromatic heterocycles. The molecule has 0 saturated heterocycles. The first-order chi connectivity index (χ1) is 13.4. The van der Waals surface area contributed by atoms with E-state index in [1.54, 1.807) is 35.2 Å². The number of anilines is 2. The number of sulfonamides is 1. The molecule has 7 nitrogen and oxygen atoms in total. The van der Waals surface area contributed by atoms with Gasteiger partial charge >= 0.3 is 0 Å². The predicted molar refractivity (Wildman–Crippen MR) is 106 cm³/mol. The molecule has 1 N–H and O–H groups in total. The summed E-state index contributed by atoms with van der Waals surface area (Å²) >= 11 is 0. The molecule has 28 heavy (non-hydrogen) atoms. The van der Waals surface area contributed by atoms with Crippen LogP contribution in [0.5, 0.6) is 11.5 Å². The zero-order valence-electron chi connectivity index (χ0n) is 16.0. The summed E-state index contributed by atoms with van der Waals surface area (Å²) in [6.07, 6.45) is 1.59. The Morgan fingerprint density at radius 1 is 1.11 bits per heavy atom. The summed E-state index contributed by atoms with van der Waals surface area (Å²) in [5.74, 6) is 0.655. The van der Waals surface area contributed by atoms with Crippen LogP contribution in [-0.4, -0.2) is 35.1 Å². The molecule has 0 fully saturated rings. The molecule has 2 aromatic rings. The summed E-state index contributed by atoms with van der Waals surface area (Å²) < 4.78 is 39.1.